The lowest BCUT2D eigenvalue weighted by Gasteiger charge is -2.34. The van der Waals surface area contributed by atoms with Crippen LogP contribution >= 0.6 is 0 Å². The number of nitrogens with one attached hydrogen (secondary N) is 1. The van der Waals surface area contributed by atoms with E-state index in [2.05, 4.69) is 10.2 Å². The maximum absolute atomic E-state index is 12.4. The fourth-order valence-electron chi connectivity index (χ4n) is 2.82. The van der Waals surface area contributed by atoms with Crippen molar-refractivity contribution in [1.82, 2.24) is 4.90 Å². The number of hydrogen-bond donors (Lipinski definition) is 1. The topological polar surface area (TPSA) is 58.6 Å². The summed E-state index contributed by atoms with van der Waals surface area (Å²) in [4.78, 5) is 26.0. The molecule has 1 amide bonds. The lowest BCUT2D eigenvalue weighted by atomic mass is 9.96. The van der Waals surface area contributed by atoms with Gasteiger partial charge in [0.15, 0.2) is 0 Å². The van der Waals surface area contributed by atoms with Crippen molar-refractivity contribution in [1.29, 1.82) is 0 Å². The fraction of sp³-hybridized carbons (Fsp3) is 0.529. The predicted octanol–water partition coefficient (Wildman–Crippen LogP) is 2.21. The van der Waals surface area contributed by atoms with Crippen LogP contribution in [0.1, 0.15) is 25.3 Å². The Hall–Kier alpha value is -1.88. The minimum absolute atomic E-state index is 0.0119. The van der Waals surface area contributed by atoms with Gasteiger partial charge in [-0.3, -0.25) is 14.5 Å². The number of benzene rings is 1. The first-order valence-electron chi connectivity index (χ1n) is 7.70. The maximum atomic E-state index is 12.4. The normalized spacial score (nSPS) is 17.8. The number of amides is 1. The largest absolute Gasteiger partial charge is 0.469 e. The molecule has 0 aliphatic carbocycles. The van der Waals surface area contributed by atoms with Crippen LogP contribution in [-0.4, -0.2) is 43.0 Å². The number of carbonyl (C=O) groups is 2. The first-order valence-corrected chi connectivity index (χ1v) is 7.70. The summed E-state index contributed by atoms with van der Waals surface area (Å²) in [7, 11) is 1.42. The second-order valence-corrected chi connectivity index (χ2v) is 5.87. The third kappa shape index (κ3) is 4.07. The molecule has 1 aliphatic heterocycles. The molecule has 1 atom stereocenters. The Kier molecular flexibility index (Phi) is 5.55. The Morgan fingerprint density at radius 1 is 1.32 bits per heavy atom. The van der Waals surface area contributed by atoms with Crippen molar-refractivity contribution in [2.45, 2.75) is 32.7 Å². The molecule has 1 N–H and O–H groups in total. The molecule has 0 aromatic heterocycles. The van der Waals surface area contributed by atoms with E-state index in [1.807, 2.05) is 38.1 Å². The molecule has 1 saturated heterocycles. The van der Waals surface area contributed by atoms with Crippen molar-refractivity contribution in [2.24, 2.45) is 5.92 Å². The third-order valence-corrected chi connectivity index (χ3v) is 4.28. The highest BCUT2D eigenvalue weighted by atomic mass is 16.5. The number of anilines is 1. The minimum Gasteiger partial charge on any atom is -0.469 e. The predicted molar refractivity (Wildman–Crippen MR) is 85.6 cm³/mol. The minimum atomic E-state index is -0.209. The summed E-state index contributed by atoms with van der Waals surface area (Å²) in [6, 6.07) is 7.56. The van der Waals surface area contributed by atoms with Crippen LogP contribution in [0.5, 0.6) is 0 Å². The molecule has 0 saturated carbocycles. The van der Waals surface area contributed by atoms with Crippen molar-refractivity contribution in [2.75, 3.05) is 25.5 Å². The summed E-state index contributed by atoms with van der Waals surface area (Å²) < 4.78 is 4.79. The van der Waals surface area contributed by atoms with E-state index in [4.69, 9.17) is 4.74 Å². The molecule has 22 heavy (non-hydrogen) atoms. The van der Waals surface area contributed by atoms with E-state index >= 15 is 0 Å². The van der Waals surface area contributed by atoms with Gasteiger partial charge >= 0.3 is 5.97 Å². The van der Waals surface area contributed by atoms with Crippen molar-refractivity contribution < 1.29 is 14.3 Å². The van der Waals surface area contributed by atoms with Gasteiger partial charge in [-0.05, 0) is 57.5 Å². The summed E-state index contributed by atoms with van der Waals surface area (Å²) in [5.41, 5.74) is 1.94. The molecule has 1 aromatic rings. The monoisotopic (exact) mass is 304 g/mol. The molecule has 1 fully saturated rings. The highest BCUT2D eigenvalue weighted by Gasteiger charge is 2.30. The molecule has 1 aromatic carbocycles. The molecule has 2 rings (SSSR count). The molecule has 0 spiro atoms. The summed E-state index contributed by atoms with van der Waals surface area (Å²) >= 11 is 0. The van der Waals surface area contributed by atoms with E-state index in [-0.39, 0.29) is 23.8 Å². The third-order valence-electron chi connectivity index (χ3n) is 4.28. The van der Waals surface area contributed by atoms with Crippen LogP contribution in [0.2, 0.25) is 0 Å². The zero-order chi connectivity index (χ0) is 16.1. The summed E-state index contributed by atoms with van der Waals surface area (Å²) in [5.74, 6) is -0.188. The SMILES string of the molecule is COC(=O)C1CCN([C@H](C)C(=O)Nc2cccc(C)c2)CC1. The molecule has 0 unspecified atom stereocenters. The molecule has 0 bridgehead atoms. The first kappa shape index (κ1) is 16.5. The number of rotatable bonds is 4. The van der Waals surface area contributed by atoms with Gasteiger partial charge in [-0.25, -0.2) is 0 Å². The van der Waals surface area contributed by atoms with Gasteiger partial charge in [-0.2, -0.15) is 0 Å². The number of esters is 1. The Labute approximate surface area is 131 Å². The summed E-state index contributed by atoms with van der Waals surface area (Å²) in [6.45, 7) is 5.38. The van der Waals surface area contributed by atoms with Crippen molar-refractivity contribution in [3.63, 3.8) is 0 Å². The van der Waals surface area contributed by atoms with Crippen molar-refractivity contribution in [3.8, 4) is 0 Å². The lowest BCUT2D eigenvalue weighted by Crippen LogP contribution is -2.47. The van der Waals surface area contributed by atoms with Gasteiger partial charge < -0.3 is 10.1 Å². The van der Waals surface area contributed by atoms with Gasteiger partial charge in [0, 0.05) is 5.69 Å². The Morgan fingerprint density at radius 2 is 2.00 bits per heavy atom. The Morgan fingerprint density at radius 3 is 2.59 bits per heavy atom. The maximum Gasteiger partial charge on any atom is 0.308 e. The van der Waals surface area contributed by atoms with E-state index in [1.165, 1.54) is 7.11 Å². The number of carbonyl (C=O) groups excluding carboxylic acids is 2. The molecular formula is C17H24N2O3. The molecule has 5 nitrogen and oxygen atoms in total. The van der Waals surface area contributed by atoms with E-state index in [9.17, 15) is 9.59 Å². The zero-order valence-corrected chi connectivity index (χ0v) is 13.5. The van der Waals surface area contributed by atoms with E-state index < -0.39 is 0 Å². The van der Waals surface area contributed by atoms with E-state index in [1.54, 1.807) is 0 Å². The average molecular weight is 304 g/mol. The standard InChI is InChI=1S/C17H24N2O3/c1-12-5-4-6-15(11-12)18-16(20)13(2)19-9-7-14(8-10-19)17(21)22-3/h4-6,11,13-14H,7-10H2,1-3H3,(H,18,20)/t13-/m1/s1. The molecular weight excluding hydrogens is 280 g/mol. The van der Waals surface area contributed by atoms with Gasteiger partial charge in [0.1, 0.15) is 0 Å². The number of likely N-dealkylation sites (tertiary alicyclic amines) is 1. The van der Waals surface area contributed by atoms with Crippen LogP contribution in [-0.2, 0) is 14.3 Å². The second kappa shape index (κ2) is 7.40. The summed E-state index contributed by atoms with van der Waals surface area (Å²) in [5, 5.41) is 2.95. The van der Waals surface area contributed by atoms with Gasteiger partial charge in [-0.1, -0.05) is 12.1 Å². The molecule has 0 radical (unpaired) electrons. The number of nitrogens with zero attached hydrogens (tertiary/aromatic N) is 1. The van der Waals surface area contributed by atoms with E-state index in [0.717, 1.165) is 37.2 Å². The van der Waals surface area contributed by atoms with Crippen LogP contribution in [0.4, 0.5) is 5.69 Å². The lowest BCUT2D eigenvalue weighted by molar-refractivity contribution is -0.147. The smallest absolute Gasteiger partial charge is 0.308 e. The summed E-state index contributed by atoms with van der Waals surface area (Å²) in [6.07, 6.45) is 1.49. The highest BCUT2D eigenvalue weighted by Crippen LogP contribution is 2.20. The van der Waals surface area contributed by atoms with Crippen LogP contribution in [0.3, 0.4) is 0 Å². The Balaban J connectivity index is 1.88. The quantitative estimate of drug-likeness (QED) is 0.867. The number of aryl methyl sites for hydroxylation is 1. The number of piperidine rings is 1. The van der Waals surface area contributed by atoms with E-state index in [0.29, 0.717) is 0 Å². The van der Waals surface area contributed by atoms with Crippen LogP contribution in [0, 0.1) is 12.8 Å². The zero-order valence-electron chi connectivity index (χ0n) is 13.5. The number of ether oxygens (including phenoxy) is 1. The van der Waals surface area contributed by atoms with Gasteiger partial charge in [0.2, 0.25) is 5.91 Å². The van der Waals surface area contributed by atoms with Gasteiger partial charge in [0.25, 0.3) is 0 Å². The van der Waals surface area contributed by atoms with Gasteiger partial charge in [0.05, 0.1) is 19.1 Å². The Bertz CT molecular complexity index is 536. The molecule has 1 heterocycles. The molecule has 120 valence electrons. The van der Waals surface area contributed by atoms with Crippen LogP contribution in [0.15, 0.2) is 24.3 Å². The highest BCUT2D eigenvalue weighted by molar-refractivity contribution is 5.94. The molecule has 1 aliphatic rings. The van der Waals surface area contributed by atoms with Gasteiger partial charge in [-0.15, -0.1) is 0 Å². The van der Waals surface area contributed by atoms with Crippen LogP contribution in [0.25, 0.3) is 0 Å². The number of methoxy groups -OCH3 is 1. The fourth-order valence-corrected chi connectivity index (χ4v) is 2.82. The molecule has 5 heteroatoms. The average Bonchev–Trinajstić information content (AvgIpc) is 2.53. The van der Waals surface area contributed by atoms with Crippen molar-refractivity contribution in [3.05, 3.63) is 29.8 Å². The van der Waals surface area contributed by atoms with Crippen molar-refractivity contribution >= 4 is 17.6 Å². The van der Waals surface area contributed by atoms with Crippen LogP contribution < -0.4 is 5.32 Å². The second-order valence-electron chi connectivity index (χ2n) is 5.87. The first-order chi connectivity index (χ1) is 10.5. The number of hydrogen-bond acceptors (Lipinski definition) is 4.